The highest BCUT2D eigenvalue weighted by Gasteiger charge is 2.10. The lowest BCUT2D eigenvalue weighted by Gasteiger charge is -2.16. The lowest BCUT2D eigenvalue weighted by molar-refractivity contribution is 0.259. The second-order valence-electron chi connectivity index (χ2n) is 8.46. The fraction of sp³-hybridized carbons (Fsp3) is 0.179. The Labute approximate surface area is 192 Å². The maximum Gasteiger partial charge on any atom is 0.257 e. The Hall–Kier alpha value is -3.83. The summed E-state index contributed by atoms with van der Waals surface area (Å²) in [7, 11) is 2.13. The van der Waals surface area contributed by atoms with E-state index in [2.05, 4.69) is 46.2 Å². The normalized spacial score (nSPS) is 11.5. The zero-order chi connectivity index (χ0) is 22.6. The first-order valence-corrected chi connectivity index (χ1v) is 11.3. The van der Waals surface area contributed by atoms with E-state index >= 15 is 0 Å². The molecule has 0 bridgehead atoms. The van der Waals surface area contributed by atoms with Crippen LogP contribution < -0.4 is 10.3 Å². The highest BCUT2D eigenvalue weighted by Crippen LogP contribution is 2.27. The van der Waals surface area contributed by atoms with E-state index in [0.29, 0.717) is 12.2 Å². The summed E-state index contributed by atoms with van der Waals surface area (Å²) in [6.45, 7) is 2.56. The average molecular weight is 438 g/mol. The van der Waals surface area contributed by atoms with Crippen molar-refractivity contribution in [1.82, 2.24) is 14.9 Å². The van der Waals surface area contributed by atoms with E-state index in [0.717, 1.165) is 52.8 Å². The number of nitrogens with zero attached hydrogens (tertiary/aromatic N) is 1. The van der Waals surface area contributed by atoms with Crippen LogP contribution in [0.5, 0.6) is 5.75 Å². The molecule has 0 radical (unpaired) electrons. The van der Waals surface area contributed by atoms with Gasteiger partial charge in [0.05, 0.1) is 17.9 Å². The van der Waals surface area contributed by atoms with Crippen molar-refractivity contribution in [2.45, 2.75) is 13.0 Å². The second-order valence-corrected chi connectivity index (χ2v) is 8.46. The van der Waals surface area contributed by atoms with Gasteiger partial charge in [-0.15, -0.1) is 0 Å². The molecule has 0 fully saturated rings. The molecule has 0 aliphatic carbocycles. The molecule has 3 aromatic carbocycles. The number of ether oxygens (including phenoxy) is 1. The Bertz CT molecular complexity index is 1440. The van der Waals surface area contributed by atoms with E-state index in [4.69, 9.17) is 4.74 Å². The predicted molar refractivity (Wildman–Crippen MR) is 135 cm³/mol. The number of pyridine rings is 1. The Morgan fingerprint density at radius 2 is 1.61 bits per heavy atom. The van der Waals surface area contributed by atoms with Crippen molar-refractivity contribution < 1.29 is 4.74 Å². The van der Waals surface area contributed by atoms with E-state index in [9.17, 15) is 4.79 Å². The first-order valence-electron chi connectivity index (χ1n) is 11.3. The molecule has 0 aliphatic heterocycles. The molecule has 0 atom stereocenters. The minimum absolute atomic E-state index is 0.101. The van der Waals surface area contributed by atoms with E-state index in [-0.39, 0.29) is 5.56 Å². The van der Waals surface area contributed by atoms with Gasteiger partial charge in [0, 0.05) is 29.5 Å². The van der Waals surface area contributed by atoms with Crippen LogP contribution in [0.4, 0.5) is 0 Å². The highest BCUT2D eigenvalue weighted by atomic mass is 16.5. The number of aromatic amines is 2. The summed E-state index contributed by atoms with van der Waals surface area (Å²) in [4.78, 5) is 21.3. The molecule has 0 aliphatic rings. The molecule has 0 amide bonds. The first-order chi connectivity index (χ1) is 16.2. The Kier molecular flexibility index (Phi) is 5.96. The topological polar surface area (TPSA) is 61.1 Å². The van der Waals surface area contributed by atoms with E-state index in [1.165, 1.54) is 5.56 Å². The summed E-state index contributed by atoms with van der Waals surface area (Å²) in [6, 6.07) is 28.2. The molecule has 0 spiro atoms. The van der Waals surface area contributed by atoms with E-state index in [1.807, 2.05) is 60.7 Å². The van der Waals surface area contributed by atoms with Crippen molar-refractivity contribution >= 4 is 21.8 Å². The number of fused-ring (bicyclic) bond motifs is 2. The van der Waals surface area contributed by atoms with Gasteiger partial charge < -0.3 is 19.6 Å². The van der Waals surface area contributed by atoms with E-state index in [1.54, 1.807) is 0 Å². The van der Waals surface area contributed by atoms with Gasteiger partial charge in [0.15, 0.2) is 0 Å². The fourth-order valence-electron chi connectivity index (χ4n) is 4.19. The molecule has 5 nitrogen and oxygen atoms in total. The molecule has 2 aromatic heterocycles. The molecule has 0 saturated heterocycles. The second kappa shape index (κ2) is 9.35. The van der Waals surface area contributed by atoms with Crippen molar-refractivity contribution in [2.75, 3.05) is 20.2 Å². The van der Waals surface area contributed by atoms with Crippen LogP contribution in [0.1, 0.15) is 12.0 Å². The van der Waals surface area contributed by atoms with Gasteiger partial charge in [-0.05, 0) is 60.8 Å². The van der Waals surface area contributed by atoms with Crippen LogP contribution in [-0.4, -0.2) is 35.1 Å². The third kappa shape index (κ3) is 4.83. The molecule has 2 heterocycles. The Morgan fingerprint density at radius 1 is 0.818 bits per heavy atom. The molecular formula is C28H27N3O2. The third-order valence-corrected chi connectivity index (χ3v) is 5.88. The summed E-state index contributed by atoms with van der Waals surface area (Å²) >= 11 is 0. The van der Waals surface area contributed by atoms with Crippen molar-refractivity contribution in [2.24, 2.45) is 0 Å². The van der Waals surface area contributed by atoms with Crippen molar-refractivity contribution in [3.8, 4) is 17.0 Å². The number of H-pyrrole nitrogens is 2. The minimum Gasteiger partial charge on any atom is -0.494 e. The zero-order valence-electron chi connectivity index (χ0n) is 18.7. The fourth-order valence-corrected chi connectivity index (χ4v) is 4.19. The SMILES string of the molecule is CN(CCCOc1ccc2[nH]c(-c3cc4ccccc4[nH]c3=O)cc2c1)Cc1ccccc1. The molecule has 0 saturated carbocycles. The number of nitrogens with one attached hydrogen (secondary N) is 2. The summed E-state index contributed by atoms with van der Waals surface area (Å²) < 4.78 is 6.00. The lowest BCUT2D eigenvalue weighted by atomic mass is 10.1. The van der Waals surface area contributed by atoms with Gasteiger partial charge in [-0.1, -0.05) is 48.5 Å². The van der Waals surface area contributed by atoms with Gasteiger partial charge >= 0.3 is 0 Å². The van der Waals surface area contributed by atoms with Gasteiger partial charge in [0.1, 0.15) is 5.75 Å². The number of aromatic nitrogens is 2. The van der Waals surface area contributed by atoms with E-state index < -0.39 is 0 Å². The molecule has 0 unspecified atom stereocenters. The standard InChI is InChI=1S/C28H27N3O2/c1-31(19-20-8-3-2-4-9-20)14-7-15-33-23-12-13-26-22(16-23)18-27(29-26)24-17-21-10-5-6-11-25(21)30-28(24)32/h2-6,8-13,16-18,29H,7,14-15,19H2,1H3,(H,30,32). The summed E-state index contributed by atoms with van der Waals surface area (Å²) in [5, 5.41) is 2.03. The van der Waals surface area contributed by atoms with Crippen LogP contribution >= 0.6 is 0 Å². The summed E-state index contributed by atoms with van der Waals surface area (Å²) in [6.07, 6.45) is 0.951. The van der Waals surface area contributed by atoms with Crippen molar-refractivity contribution in [1.29, 1.82) is 0 Å². The first kappa shape index (κ1) is 21.0. The van der Waals surface area contributed by atoms with Crippen molar-refractivity contribution in [3.63, 3.8) is 0 Å². The van der Waals surface area contributed by atoms with Crippen LogP contribution in [0.2, 0.25) is 0 Å². The van der Waals surface area contributed by atoms with Gasteiger partial charge in [-0.3, -0.25) is 4.79 Å². The summed E-state index contributed by atoms with van der Waals surface area (Å²) in [5.41, 5.74) is 4.47. The predicted octanol–water partition coefficient (Wildman–Crippen LogP) is 5.58. The van der Waals surface area contributed by atoms with Gasteiger partial charge in [-0.2, -0.15) is 0 Å². The van der Waals surface area contributed by atoms with Gasteiger partial charge in [0.25, 0.3) is 5.56 Å². The molecule has 166 valence electrons. The monoisotopic (exact) mass is 437 g/mol. The van der Waals surface area contributed by atoms with Crippen LogP contribution in [0.3, 0.4) is 0 Å². The quantitative estimate of drug-likeness (QED) is 0.312. The zero-order valence-corrected chi connectivity index (χ0v) is 18.7. The largest absolute Gasteiger partial charge is 0.494 e. The van der Waals surface area contributed by atoms with Gasteiger partial charge in [0.2, 0.25) is 0 Å². The molecule has 5 aromatic rings. The number of benzene rings is 3. The Balaban J connectivity index is 1.23. The highest BCUT2D eigenvalue weighted by molar-refractivity contribution is 5.89. The number of para-hydroxylation sites is 1. The smallest absolute Gasteiger partial charge is 0.257 e. The minimum atomic E-state index is -0.101. The lowest BCUT2D eigenvalue weighted by Crippen LogP contribution is -2.20. The molecule has 2 N–H and O–H groups in total. The average Bonchev–Trinajstić information content (AvgIpc) is 3.25. The number of hydrogen-bond donors (Lipinski definition) is 2. The third-order valence-electron chi connectivity index (χ3n) is 5.88. The maximum atomic E-state index is 12.6. The number of hydrogen-bond acceptors (Lipinski definition) is 3. The van der Waals surface area contributed by atoms with Crippen LogP contribution in [0.25, 0.3) is 33.1 Å². The van der Waals surface area contributed by atoms with Crippen LogP contribution in [0, 0.1) is 0 Å². The van der Waals surface area contributed by atoms with Crippen LogP contribution in [-0.2, 0) is 6.54 Å². The molecule has 33 heavy (non-hydrogen) atoms. The number of rotatable bonds is 8. The van der Waals surface area contributed by atoms with Crippen molar-refractivity contribution in [3.05, 3.63) is 101 Å². The molecule has 5 rings (SSSR count). The molecular weight excluding hydrogens is 410 g/mol. The van der Waals surface area contributed by atoms with Gasteiger partial charge in [-0.25, -0.2) is 0 Å². The summed E-state index contributed by atoms with van der Waals surface area (Å²) in [5.74, 6) is 0.839. The maximum absolute atomic E-state index is 12.6. The van der Waals surface area contributed by atoms with Crippen LogP contribution in [0.15, 0.2) is 89.7 Å². The molecule has 5 heteroatoms. The Morgan fingerprint density at radius 3 is 2.48 bits per heavy atom.